The number of alkyl halides is 6. The van der Waals surface area contributed by atoms with Gasteiger partial charge in [-0.3, -0.25) is 9.59 Å². The number of benzene rings is 2. The first-order valence-corrected chi connectivity index (χ1v) is 8.30. The normalized spacial score (nSPS) is 12.1. The third-order valence-corrected chi connectivity index (χ3v) is 4.48. The third-order valence-electron chi connectivity index (χ3n) is 4.48. The zero-order chi connectivity index (χ0) is 24.0. The molecule has 2 aromatic carbocycles. The zero-order valence-electron chi connectivity index (χ0n) is 15.7. The van der Waals surface area contributed by atoms with Crippen molar-refractivity contribution in [1.29, 1.82) is 0 Å². The molecular weight excluding hydrogens is 438 g/mol. The van der Waals surface area contributed by atoms with Crippen LogP contribution in [0.1, 0.15) is 43.0 Å². The van der Waals surface area contributed by atoms with Gasteiger partial charge in [0.2, 0.25) is 0 Å². The lowest BCUT2D eigenvalue weighted by Crippen LogP contribution is -2.23. The standard InChI is InChI=1S/C19H14F6O6/c1-6-3-10(16(30)18(20,21)22)14(28)8(12(6)26)5-9-13(27)7(2)4-11(15(9)29)17(31)19(23,24)25/h3-4,26-29H,5H2,1-2H3. The van der Waals surface area contributed by atoms with E-state index in [0.717, 1.165) is 13.8 Å². The van der Waals surface area contributed by atoms with Gasteiger partial charge in [0, 0.05) is 17.5 Å². The monoisotopic (exact) mass is 452 g/mol. The van der Waals surface area contributed by atoms with Crippen molar-refractivity contribution in [2.24, 2.45) is 0 Å². The molecule has 2 rings (SSSR count). The molecule has 0 amide bonds. The van der Waals surface area contributed by atoms with Crippen LogP contribution in [0.25, 0.3) is 0 Å². The number of ketones is 2. The Morgan fingerprint density at radius 1 is 0.677 bits per heavy atom. The quantitative estimate of drug-likeness (QED) is 0.408. The Bertz CT molecular complexity index is 1000. The third kappa shape index (κ3) is 4.37. The molecule has 0 radical (unpaired) electrons. The molecule has 6 nitrogen and oxygen atoms in total. The Kier molecular flexibility index (Phi) is 5.90. The highest BCUT2D eigenvalue weighted by atomic mass is 19.4. The Balaban J connectivity index is 2.75. The van der Waals surface area contributed by atoms with Crippen LogP contribution in [-0.4, -0.2) is 44.3 Å². The number of phenolic OH excluding ortho intramolecular Hbond substituents is 4. The van der Waals surface area contributed by atoms with E-state index in [1.165, 1.54) is 0 Å². The minimum absolute atomic E-state index is 0.307. The summed E-state index contributed by atoms with van der Waals surface area (Å²) in [6, 6.07) is 1.11. The van der Waals surface area contributed by atoms with E-state index in [1.54, 1.807) is 0 Å². The van der Waals surface area contributed by atoms with Crippen molar-refractivity contribution in [1.82, 2.24) is 0 Å². The fourth-order valence-electron chi connectivity index (χ4n) is 2.90. The Labute approximate surface area is 170 Å². The average molecular weight is 452 g/mol. The Morgan fingerprint density at radius 2 is 0.968 bits per heavy atom. The van der Waals surface area contributed by atoms with Crippen LogP contribution < -0.4 is 0 Å². The smallest absolute Gasteiger partial charge is 0.455 e. The lowest BCUT2D eigenvalue weighted by molar-refractivity contribution is -0.0889. The second kappa shape index (κ2) is 7.67. The highest BCUT2D eigenvalue weighted by molar-refractivity contribution is 6.04. The number of carbonyl (C=O) groups is 2. The van der Waals surface area contributed by atoms with Crippen LogP contribution in [0, 0.1) is 13.8 Å². The number of aromatic hydroxyl groups is 4. The number of hydrogen-bond acceptors (Lipinski definition) is 6. The van der Waals surface area contributed by atoms with Gasteiger partial charge in [-0.25, -0.2) is 0 Å². The van der Waals surface area contributed by atoms with Crippen molar-refractivity contribution in [3.05, 3.63) is 45.5 Å². The zero-order valence-corrected chi connectivity index (χ0v) is 15.7. The van der Waals surface area contributed by atoms with E-state index in [0.29, 0.717) is 12.1 Å². The van der Waals surface area contributed by atoms with Crippen LogP contribution in [0.4, 0.5) is 26.3 Å². The number of phenols is 4. The summed E-state index contributed by atoms with van der Waals surface area (Å²) in [5.41, 5.74) is -4.69. The van der Waals surface area contributed by atoms with Crippen molar-refractivity contribution in [3.8, 4) is 23.0 Å². The molecule has 0 fully saturated rings. The lowest BCUT2D eigenvalue weighted by Gasteiger charge is -2.18. The van der Waals surface area contributed by atoms with Crippen LogP contribution in [0.15, 0.2) is 12.1 Å². The van der Waals surface area contributed by atoms with Gasteiger partial charge in [0.05, 0.1) is 11.1 Å². The van der Waals surface area contributed by atoms with Crippen LogP contribution in [0.2, 0.25) is 0 Å². The predicted octanol–water partition coefficient (Wildman–Crippen LogP) is 4.21. The molecule has 4 N–H and O–H groups in total. The molecule has 0 bridgehead atoms. The van der Waals surface area contributed by atoms with Gasteiger partial charge in [0.25, 0.3) is 11.6 Å². The van der Waals surface area contributed by atoms with Gasteiger partial charge in [0.15, 0.2) is 0 Å². The van der Waals surface area contributed by atoms with Gasteiger partial charge in [-0.1, -0.05) is 0 Å². The summed E-state index contributed by atoms with van der Waals surface area (Å²) in [6.45, 7) is 2.17. The molecule has 0 spiro atoms. The van der Waals surface area contributed by atoms with Gasteiger partial charge in [-0.2, -0.15) is 26.3 Å². The first-order chi connectivity index (χ1) is 14.0. The van der Waals surface area contributed by atoms with Gasteiger partial charge in [-0.15, -0.1) is 0 Å². The van der Waals surface area contributed by atoms with E-state index in [-0.39, 0.29) is 11.1 Å². The summed E-state index contributed by atoms with van der Waals surface area (Å²) in [5.74, 6) is -9.29. The highest BCUT2D eigenvalue weighted by Crippen LogP contribution is 2.43. The van der Waals surface area contributed by atoms with Crippen LogP contribution in [-0.2, 0) is 6.42 Å². The van der Waals surface area contributed by atoms with Gasteiger partial charge < -0.3 is 20.4 Å². The topological polar surface area (TPSA) is 115 Å². The summed E-state index contributed by atoms with van der Waals surface area (Å²) in [5, 5.41) is 40.6. The van der Waals surface area contributed by atoms with Crippen molar-refractivity contribution in [2.45, 2.75) is 32.6 Å². The van der Waals surface area contributed by atoms with E-state index >= 15 is 0 Å². The molecule has 0 atom stereocenters. The fraction of sp³-hybridized carbons (Fsp3) is 0.263. The van der Waals surface area contributed by atoms with E-state index in [2.05, 4.69) is 0 Å². The van der Waals surface area contributed by atoms with Gasteiger partial charge >= 0.3 is 12.4 Å². The first kappa shape index (κ1) is 23.8. The molecule has 0 aliphatic heterocycles. The molecule has 0 saturated carbocycles. The second-order valence-corrected chi connectivity index (χ2v) is 6.66. The number of rotatable bonds is 4. The largest absolute Gasteiger partial charge is 0.507 e. The van der Waals surface area contributed by atoms with Crippen molar-refractivity contribution in [3.63, 3.8) is 0 Å². The summed E-state index contributed by atoms with van der Waals surface area (Å²) < 4.78 is 76.8. The molecule has 0 saturated heterocycles. The maximum absolute atomic E-state index is 12.8. The fourth-order valence-corrected chi connectivity index (χ4v) is 2.90. The van der Waals surface area contributed by atoms with E-state index in [9.17, 15) is 56.4 Å². The molecule has 0 aliphatic rings. The van der Waals surface area contributed by atoms with E-state index < -0.39 is 75.6 Å². The van der Waals surface area contributed by atoms with E-state index in [1.807, 2.05) is 0 Å². The minimum atomic E-state index is -5.39. The number of halogens is 6. The number of Topliss-reactive ketones (excluding diaryl/α,β-unsaturated/α-hetero) is 2. The highest BCUT2D eigenvalue weighted by Gasteiger charge is 2.43. The maximum Gasteiger partial charge on any atom is 0.455 e. The van der Waals surface area contributed by atoms with Crippen molar-refractivity contribution < 1.29 is 56.4 Å². The van der Waals surface area contributed by atoms with Crippen molar-refractivity contribution >= 4 is 11.6 Å². The van der Waals surface area contributed by atoms with E-state index in [4.69, 9.17) is 0 Å². The number of aryl methyl sites for hydroxylation is 2. The molecule has 2 aromatic rings. The number of carbonyl (C=O) groups excluding carboxylic acids is 2. The number of hydrogen-bond donors (Lipinski definition) is 4. The average Bonchev–Trinajstić information content (AvgIpc) is 2.64. The van der Waals surface area contributed by atoms with Gasteiger partial charge in [0.1, 0.15) is 23.0 Å². The molecule has 0 aliphatic carbocycles. The molecule has 0 unspecified atom stereocenters. The predicted molar refractivity (Wildman–Crippen MR) is 92.6 cm³/mol. The summed E-state index contributed by atoms with van der Waals surface area (Å²) in [4.78, 5) is 23.1. The molecule has 31 heavy (non-hydrogen) atoms. The summed E-state index contributed by atoms with van der Waals surface area (Å²) >= 11 is 0. The summed E-state index contributed by atoms with van der Waals surface area (Å²) in [7, 11) is 0. The SMILES string of the molecule is Cc1cc(C(=O)C(F)(F)F)c(O)c(Cc2c(O)c(C)cc(C(=O)C(F)(F)F)c2O)c1O. The second-order valence-electron chi connectivity index (χ2n) is 6.66. The minimum Gasteiger partial charge on any atom is -0.507 e. The molecule has 0 heterocycles. The van der Waals surface area contributed by atoms with Crippen LogP contribution in [0.5, 0.6) is 23.0 Å². The Morgan fingerprint density at radius 3 is 1.23 bits per heavy atom. The lowest BCUT2D eigenvalue weighted by atomic mass is 9.92. The van der Waals surface area contributed by atoms with Gasteiger partial charge in [-0.05, 0) is 37.1 Å². The molecule has 12 heteroatoms. The van der Waals surface area contributed by atoms with Crippen LogP contribution >= 0.6 is 0 Å². The maximum atomic E-state index is 12.8. The van der Waals surface area contributed by atoms with Crippen LogP contribution in [0.3, 0.4) is 0 Å². The summed E-state index contributed by atoms with van der Waals surface area (Å²) in [6.07, 6.45) is -11.8. The van der Waals surface area contributed by atoms with Crippen molar-refractivity contribution in [2.75, 3.05) is 0 Å². The molecule has 0 aromatic heterocycles. The molecule has 168 valence electrons. The molecular formula is C19H14F6O6. The first-order valence-electron chi connectivity index (χ1n) is 8.30. The Hall–Kier alpha value is -3.44.